The molecule has 1 aliphatic heterocycles. The van der Waals surface area contributed by atoms with Crippen LogP contribution in [0.15, 0.2) is 18.2 Å². The van der Waals surface area contributed by atoms with E-state index >= 15 is 0 Å². The SMILES string of the molecule is C[C@@H](N)c1cccc(F)c1N1CCCC(C)(C)C1. The van der Waals surface area contributed by atoms with Gasteiger partial charge in [0, 0.05) is 19.1 Å². The van der Waals surface area contributed by atoms with Crippen molar-refractivity contribution >= 4 is 5.69 Å². The Morgan fingerprint density at radius 3 is 2.72 bits per heavy atom. The van der Waals surface area contributed by atoms with Crippen molar-refractivity contribution in [2.45, 2.75) is 39.7 Å². The topological polar surface area (TPSA) is 29.3 Å². The van der Waals surface area contributed by atoms with Gasteiger partial charge in [-0.25, -0.2) is 4.39 Å². The van der Waals surface area contributed by atoms with Crippen LogP contribution in [0.4, 0.5) is 10.1 Å². The van der Waals surface area contributed by atoms with Gasteiger partial charge >= 0.3 is 0 Å². The lowest BCUT2D eigenvalue weighted by Gasteiger charge is -2.40. The average Bonchev–Trinajstić information content (AvgIpc) is 2.27. The second-order valence-corrected chi connectivity index (χ2v) is 6.16. The number of benzene rings is 1. The highest BCUT2D eigenvalue weighted by atomic mass is 19.1. The van der Waals surface area contributed by atoms with Gasteiger partial charge < -0.3 is 10.6 Å². The molecule has 1 aromatic carbocycles. The first-order chi connectivity index (χ1) is 8.41. The molecule has 100 valence electrons. The summed E-state index contributed by atoms with van der Waals surface area (Å²) < 4.78 is 14.1. The molecule has 0 radical (unpaired) electrons. The number of hydrogen-bond acceptors (Lipinski definition) is 2. The summed E-state index contributed by atoms with van der Waals surface area (Å²) in [7, 11) is 0. The molecule has 1 aromatic rings. The minimum absolute atomic E-state index is 0.138. The van der Waals surface area contributed by atoms with Crippen LogP contribution in [-0.2, 0) is 0 Å². The van der Waals surface area contributed by atoms with Crippen LogP contribution in [0.5, 0.6) is 0 Å². The number of nitrogens with zero attached hydrogens (tertiary/aromatic N) is 1. The van der Waals surface area contributed by atoms with Crippen LogP contribution in [0, 0.1) is 11.2 Å². The molecule has 1 atom stereocenters. The van der Waals surface area contributed by atoms with E-state index in [2.05, 4.69) is 18.7 Å². The van der Waals surface area contributed by atoms with Crippen LogP contribution in [0.3, 0.4) is 0 Å². The van der Waals surface area contributed by atoms with Gasteiger partial charge in [0.2, 0.25) is 0 Å². The number of para-hydroxylation sites is 1. The summed E-state index contributed by atoms with van der Waals surface area (Å²) in [6.45, 7) is 8.21. The van der Waals surface area contributed by atoms with Crippen molar-refractivity contribution in [2.75, 3.05) is 18.0 Å². The minimum atomic E-state index is -0.150. The van der Waals surface area contributed by atoms with Gasteiger partial charge in [-0.3, -0.25) is 0 Å². The van der Waals surface area contributed by atoms with Crippen molar-refractivity contribution in [3.8, 4) is 0 Å². The predicted octanol–water partition coefficient (Wildman–Crippen LogP) is 3.47. The number of piperidine rings is 1. The zero-order chi connectivity index (χ0) is 13.3. The van der Waals surface area contributed by atoms with E-state index in [0.29, 0.717) is 5.69 Å². The lowest BCUT2D eigenvalue weighted by atomic mass is 9.83. The van der Waals surface area contributed by atoms with Crippen molar-refractivity contribution in [3.05, 3.63) is 29.6 Å². The maximum Gasteiger partial charge on any atom is 0.146 e. The first-order valence-electron chi connectivity index (χ1n) is 6.70. The molecular weight excluding hydrogens is 227 g/mol. The van der Waals surface area contributed by atoms with E-state index in [1.165, 1.54) is 12.5 Å². The van der Waals surface area contributed by atoms with Crippen molar-refractivity contribution in [2.24, 2.45) is 11.1 Å². The summed E-state index contributed by atoms with van der Waals surface area (Å²) in [4.78, 5) is 2.16. The van der Waals surface area contributed by atoms with Gasteiger partial charge in [0.25, 0.3) is 0 Å². The van der Waals surface area contributed by atoms with Gasteiger partial charge in [-0.1, -0.05) is 26.0 Å². The molecule has 1 heterocycles. The average molecular weight is 250 g/mol. The van der Waals surface area contributed by atoms with Crippen LogP contribution in [0.2, 0.25) is 0 Å². The highest BCUT2D eigenvalue weighted by Gasteiger charge is 2.29. The van der Waals surface area contributed by atoms with Crippen LogP contribution in [-0.4, -0.2) is 13.1 Å². The van der Waals surface area contributed by atoms with Crippen LogP contribution in [0.25, 0.3) is 0 Å². The fourth-order valence-corrected chi connectivity index (χ4v) is 2.85. The third-order valence-corrected chi connectivity index (χ3v) is 3.73. The summed E-state index contributed by atoms with van der Waals surface area (Å²) in [6.07, 6.45) is 2.31. The van der Waals surface area contributed by atoms with Crippen molar-refractivity contribution in [1.29, 1.82) is 0 Å². The third kappa shape index (κ3) is 2.66. The van der Waals surface area contributed by atoms with E-state index in [-0.39, 0.29) is 17.3 Å². The highest BCUT2D eigenvalue weighted by molar-refractivity contribution is 5.56. The zero-order valence-electron chi connectivity index (χ0n) is 11.5. The van der Waals surface area contributed by atoms with Crippen LogP contribution < -0.4 is 10.6 Å². The maximum atomic E-state index is 14.1. The molecule has 2 rings (SSSR count). The van der Waals surface area contributed by atoms with Gasteiger partial charge in [-0.2, -0.15) is 0 Å². The molecule has 0 saturated carbocycles. The fraction of sp³-hybridized carbons (Fsp3) is 0.600. The smallest absolute Gasteiger partial charge is 0.146 e. The van der Waals surface area contributed by atoms with Gasteiger partial charge in [0.05, 0.1) is 5.69 Å². The molecule has 3 heteroatoms. The maximum absolute atomic E-state index is 14.1. The molecule has 0 aromatic heterocycles. The van der Waals surface area contributed by atoms with E-state index in [1.807, 2.05) is 13.0 Å². The number of rotatable bonds is 2. The standard InChI is InChI=1S/C15H23FN2/c1-11(17)12-6-4-7-13(16)14(12)18-9-5-8-15(2,3)10-18/h4,6-7,11H,5,8-10,17H2,1-3H3/t11-/m1/s1. The normalized spacial score (nSPS) is 20.8. The molecule has 1 fully saturated rings. The Balaban J connectivity index is 2.38. The van der Waals surface area contributed by atoms with E-state index in [0.717, 1.165) is 25.1 Å². The quantitative estimate of drug-likeness (QED) is 0.870. The minimum Gasteiger partial charge on any atom is -0.368 e. The molecule has 0 unspecified atom stereocenters. The lowest BCUT2D eigenvalue weighted by Crippen LogP contribution is -2.41. The third-order valence-electron chi connectivity index (χ3n) is 3.73. The number of anilines is 1. The van der Waals surface area contributed by atoms with Gasteiger partial charge in [0.15, 0.2) is 0 Å². The summed E-state index contributed by atoms with van der Waals surface area (Å²) in [5.74, 6) is -0.150. The molecule has 0 aliphatic carbocycles. The van der Waals surface area contributed by atoms with E-state index in [9.17, 15) is 4.39 Å². The zero-order valence-corrected chi connectivity index (χ0v) is 11.5. The summed E-state index contributed by atoms with van der Waals surface area (Å²) in [5, 5.41) is 0. The largest absolute Gasteiger partial charge is 0.368 e. The van der Waals surface area contributed by atoms with Gasteiger partial charge in [0.1, 0.15) is 5.82 Å². The number of halogens is 1. The number of nitrogens with two attached hydrogens (primary N) is 1. The molecular formula is C15H23FN2. The van der Waals surface area contributed by atoms with E-state index < -0.39 is 0 Å². The molecule has 0 bridgehead atoms. The summed E-state index contributed by atoms with van der Waals surface area (Å²) >= 11 is 0. The van der Waals surface area contributed by atoms with Gasteiger partial charge in [-0.15, -0.1) is 0 Å². The monoisotopic (exact) mass is 250 g/mol. The summed E-state index contributed by atoms with van der Waals surface area (Å²) in [6, 6.07) is 5.07. The van der Waals surface area contributed by atoms with Crippen LogP contribution in [0.1, 0.15) is 45.2 Å². The van der Waals surface area contributed by atoms with Gasteiger partial charge in [-0.05, 0) is 36.8 Å². The Kier molecular flexibility index (Phi) is 3.62. The molecule has 0 amide bonds. The van der Waals surface area contributed by atoms with Crippen molar-refractivity contribution in [1.82, 2.24) is 0 Å². The fourth-order valence-electron chi connectivity index (χ4n) is 2.85. The molecule has 1 saturated heterocycles. The van der Waals surface area contributed by atoms with Crippen LogP contribution >= 0.6 is 0 Å². The van der Waals surface area contributed by atoms with E-state index in [4.69, 9.17) is 5.73 Å². The second kappa shape index (κ2) is 4.88. The molecule has 1 aliphatic rings. The van der Waals surface area contributed by atoms with Crippen molar-refractivity contribution in [3.63, 3.8) is 0 Å². The predicted molar refractivity (Wildman–Crippen MR) is 74.2 cm³/mol. The second-order valence-electron chi connectivity index (χ2n) is 6.16. The molecule has 18 heavy (non-hydrogen) atoms. The van der Waals surface area contributed by atoms with Crippen molar-refractivity contribution < 1.29 is 4.39 Å². The summed E-state index contributed by atoms with van der Waals surface area (Å²) in [5.41, 5.74) is 7.83. The Bertz CT molecular complexity index is 427. The highest BCUT2D eigenvalue weighted by Crippen LogP contribution is 2.35. The lowest BCUT2D eigenvalue weighted by molar-refractivity contribution is 0.291. The molecule has 2 N–H and O–H groups in total. The Labute approximate surface area is 109 Å². The molecule has 2 nitrogen and oxygen atoms in total. The Hall–Kier alpha value is -1.09. The Morgan fingerprint density at radius 2 is 2.11 bits per heavy atom. The van der Waals surface area contributed by atoms with E-state index in [1.54, 1.807) is 6.07 Å². The Morgan fingerprint density at radius 1 is 1.39 bits per heavy atom. The first kappa shape index (κ1) is 13.3. The molecule has 0 spiro atoms. The number of hydrogen-bond donors (Lipinski definition) is 1. The first-order valence-corrected chi connectivity index (χ1v) is 6.70.